The molecule has 0 fully saturated rings. The molecule has 1 N–H and O–H groups in total. The molecule has 1 amide bonds. The molecule has 0 saturated carbocycles. The van der Waals surface area contributed by atoms with Gasteiger partial charge in [-0.1, -0.05) is 93.5 Å². The Kier molecular flexibility index (Phi) is 10.1. The third-order valence-electron chi connectivity index (χ3n) is 6.16. The van der Waals surface area contributed by atoms with Gasteiger partial charge >= 0.3 is 6.09 Å². The average molecular weight is 456 g/mol. The standard InChI is InChI=1S/C27H34ClNO3/c28-26(30)18-8-6-4-2-1-3-5-7-13-19-29-27(31)32-20-25-23-16-11-9-14-21(23)22-15-10-12-17-24(22)25/h9-12,14-17,25H,1-8,13,18-20H2,(H,29,31). The number of rotatable bonds is 14. The van der Waals surface area contributed by atoms with Gasteiger partial charge in [0.05, 0.1) is 0 Å². The lowest BCUT2D eigenvalue weighted by atomic mass is 9.98. The lowest BCUT2D eigenvalue weighted by Gasteiger charge is -2.14. The second-order valence-corrected chi connectivity index (χ2v) is 8.96. The maximum Gasteiger partial charge on any atom is 0.407 e. The topological polar surface area (TPSA) is 55.4 Å². The summed E-state index contributed by atoms with van der Waals surface area (Å²) in [6, 6.07) is 16.7. The summed E-state index contributed by atoms with van der Waals surface area (Å²) in [5, 5.41) is 2.66. The van der Waals surface area contributed by atoms with Crippen molar-refractivity contribution in [3.8, 4) is 11.1 Å². The van der Waals surface area contributed by atoms with Crippen LogP contribution in [0.4, 0.5) is 4.79 Å². The van der Waals surface area contributed by atoms with Gasteiger partial charge in [-0.25, -0.2) is 4.79 Å². The molecule has 0 bridgehead atoms. The third kappa shape index (κ3) is 7.37. The SMILES string of the molecule is O=C(Cl)CCCCCCCCCCCNC(=O)OCC1c2ccccc2-c2ccccc21. The van der Waals surface area contributed by atoms with Crippen LogP contribution in [0.1, 0.15) is 81.3 Å². The van der Waals surface area contributed by atoms with Crippen LogP contribution in [-0.2, 0) is 9.53 Å². The molecular weight excluding hydrogens is 422 g/mol. The predicted molar refractivity (Wildman–Crippen MR) is 130 cm³/mol. The molecular formula is C27H34ClNO3. The molecule has 0 saturated heterocycles. The zero-order valence-electron chi connectivity index (χ0n) is 18.8. The Balaban J connectivity index is 1.24. The van der Waals surface area contributed by atoms with E-state index in [0.29, 0.717) is 19.6 Å². The van der Waals surface area contributed by atoms with Gasteiger partial charge in [-0.15, -0.1) is 0 Å². The van der Waals surface area contributed by atoms with Crippen molar-refractivity contribution in [3.63, 3.8) is 0 Å². The van der Waals surface area contributed by atoms with Crippen LogP contribution in [0, 0.1) is 0 Å². The minimum Gasteiger partial charge on any atom is -0.449 e. The Labute approximate surface area is 196 Å². The van der Waals surface area contributed by atoms with Gasteiger partial charge in [0.1, 0.15) is 6.61 Å². The summed E-state index contributed by atoms with van der Waals surface area (Å²) in [6.07, 6.45) is 10.3. The molecule has 3 rings (SSSR count). The largest absolute Gasteiger partial charge is 0.449 e. The number of hydrogen-bond acceptors (Lipinski definition) is 3. The molecule has 0 heterocycles. The number of ether oxygens (including phenoxy) is 1. The number of fused-ring (bicyclic) bond motifs is 3. The number of nitrogens with one attached hydrogen (secondary N) is 1. The van der Waals surface area contributed by atoms with Crippen molar-refractivity contribution in [1.29, 1.82) is 0 Å². The van der Waals surface area contributed by atoms with Crippen molar-refractivity contribution in [2.75, 3.05) is 13.2 Å². The minimum atomic E-state index is -0.331. The molecule has 4 nitrogen and oxygen atoms in total. The predicted octanol–water partition coefficient (Wildman–Crippen LogP) is 7.19. The van der Waals surface area contributed by atoms with Crippen molar-refractivity contribution < 1.29 is 14.3 Å². The van der Waals surface area contributed by atoms with E-state index >= 15 is 0 Å². The molecule has 5 heteroatoms. The van der Waals surface area contributed by atoms with Gasteiger partial charge in [0.15, 0.2) is 0 Å². The first-order valence-corrected chi connectivity index (χ1v) is 12.3. The van der Waals surface area contributed by atoms with Gasteiger partial charge in [0.25, 0.3) is 0 Å². The van der Waals surface area contributed by atoms with Gasteiger partial charge in [-0.3, -0.25) is 4.79 Å². The fourth-order valence-corrected chi connectivity index (χ4v) is 4.60. The smallest absolute Gasteiger partial charge is 0.407 e. The van der Waals surface area contributed by atoms with Crippen LogP contribution in [0.3, 0.4) is 0 Å². The molecule has 1 aliphatic rings. The van der Waals surface area contributed by atoms with Crippen LogP contribution in [0.5, 0.6) is 0 Å². The maximum atomic E-state index is 12.2. The summed E-state index contributed by atoms with van der Waals surface area (Å²) >= 11 is 5.33. The highest BCUT2D eigenvalue weighted by Crippen LogP contribution is 2.44. The van der Waals surface area contributed by atoms with E-state index in [9.17, 15) is 9.59 Å². The molecule has 0 atom stereocenters. The molecule has 32 heavy (non-hydrogen) atoms. The summed E-state index contributed by atoms with van der Waals surface area (Å²) in [4.78, 5) is 22.8. The van der Waals surface area contributed by atoms with Crippen molar-refractivity contribution in [1.82, 2.24) is 5.32 Å². The lowest BCUT2D eigenvalue weighted by molar-refractivity contribution is -0.111. The Morgan fingerprint density at radius 1 is 0.750 bits per heavy atom. The number of benzene rings is 2. The molecule has 0 aliphatic heterocycles. The summed E-state index contributed by atoms with van der Waals surface area (Å²) in [7, 11) is 0. The molecule has 0 radical (unpaired) electrons. The Bertz CT molecular complexity index is 837. The Morgan fingerprint density at radius 3 is 1.81 bits per heavy atom. The number of alkyl carbamates (subject to hydrolysis) is 1. The van der Waals surface area contributed by atoms with Crippen molar-refractivity contribution in [2.45, 2.75) is 70.1 Å². The van der Waals surface area contributed by atoms with Crippen LogP contribution in [0.2, 0.25) is 0 Å². The summed E-state index contributed by atoms with van der Waals surface area (Å²) in [5.41, 5.74) is 4.94. The molecule has 2 aromatic rings. The lowest BCUT2D eigenvalue weighted by Crippen LogP contribution is -2.27. The zero-order valence-corrected chi connectivity index (χ0v) is 19.5. The van der Waals surface area contributed by atoms with Gasteiger partial charge in [0.2, 0.25) is 5.24 Å². The zero-order chi connectivity index (χ0) is 22.6. The van der Waals surface area contributed by atoms with Crippen LogP contribution in [-0.4, -0.2) is 24.5 Å². The van der Waals surface area contributed by atoms with Crippen molar-refractivity contribution in [2.24, 2.45) is 0 Å². The molecule has 2 aromatic carbocycles. The van der Waals surface area contributed by atoms with E-state index in [0.717, 1.165) is 25.7 Å². The highest BCUT2D eigenvalue weighted by Gasteiger charge is 2.28. The second kappa shape index (κ2) is 13.3. The molecule has 172 valence electrons. The quantitative estimate of drug-likeness (QED) is 0.242. The summed E-state index contributed by atoms with van der Waals surface area (Å²) in [5.74, 6) is 0.101. The summed E-state index contributed by atoms with van der Waals surface area (Å²) in [6.45, 7) is 1.02. The number of amides is 1. The van der Waals surface area contributed by atoms with Gasteiger partial charge in [0, 0.05) is 18.9 Å². The summed E-state index contributed by atoms with van der Waals surface area (Å²) < 4.78 is 5.57. The maximum absolute atomic E-state index is 12.2. The molecule has 0 spiro atoms. The van der Waals surface area contributed by atoms with E-state index in [2.05, 4.69) is 41.7 Å². The van der Waals surface area contributed by atoms with E-state index in [4.69, 9.17) is 16.3 Å². The molecule has 0 unspecified atom stereocenters. The highest BCUT2D eigenvalue weighted by molar-refractivity contribution is 6.63. The number of carbonyl (C=O) groups excluding carboxylic acids is 2. The first-order valence-electron chi connectivity index (χ1n) is 11.9. The second-order valence-electron chi connectivity index (χ2n) is 8.54. The number of carbonyl (C=O) groups is 2. The monoisotopic (exact) mass is 455 g/mol. The Morgan fingerprint density at radius 2 is 1.25 bits per heavy atom. The first-order chi connectivity index (χ1) is 15.7. The number of halogens is 1. The number of unbranched alkanes of at least 4 members (excludes halogenated alkanes) is 8. The van der Waals surface area contributed by atoms with Crippen LogP contribution in [0.15, 0.2) is 48.5 Å². The molecule has 0 aromatic heterocycles. The van der Waals surface area contributed by atoms with Gasteiger partial charge in [-0.05, 0) is 46.7 Å². The average Bonchev–Trinajstić information content (AvgIpc) is 3.12. The van der Waals surface area contributed by atoms with Crippen LogP contribution < -0.4 is 5.32 Å². The number of hydrogen-bond donors (Lipinski definition) is 1. The first kappa shape index (κ1) is 24.3. The van der Waals surface area contributed by atoms with Crippen molar-refractivity contribution in [3.05, 3.63) is 59.7 Å². The van der Waals surface area contributed by atoms with E-state index in [-0.39, 0.29) is 17.3 Å². The Hall–Kier alpha value is -2.33. The van der Waals surface area contributed by atoms with Crippen molar-refractivity contribution >= 4 is 22.9 Å². The minimum absolute atomic E-state index is 0.101. The fraction of sp³-hybridized carbons (Fsp3) is 0.481. The molecule has 1 aliphatic carbocycles. The normalized spacial score (nSPS) is 12.3. The van der Waals surface area contributed by atoms with Gasteiger partial charge < -0.3 is 10.1 Å². The van der Waals surface area contributed by atoms with Crippen LogP contribution >= 0.6 is 11.6 Å². The van der Waals surface area contributed by atoms with Gasteiger partial charge in [-0.2, -0.15) is 0 Å². The van der Waals surface area contributed by atoms with E-state index < -0.39 is 0 Å². The van der Waals surface area contributed by atoms with Crippen LogP contribution in [0.25, 0.3) is 11.1 Å². The van der Waals surface area contributed by atoms with E-state index in [1.165, 1.54) is 54.4 Å². The fourth-order valence-electron chi connectivity index (χ4n) is 4.47. The van der Waals surface area contributed by atoms with E-state index in [1.54, 1.807) is 0 Å². The van der Waals surface area contributed by atoms with E-state index in [1.807, 2.05) is 12.1 Å². The third-order valence-corrected chi connectivity index (χ3v) is 6.35. The highest BCUT2D eigenvalue weighted by atomic mass is 35.5.